The molecule has 0 aromatic heterocycles. The summed E-state index contributed by atoms with van der Waals surface area (Å²) in [6.07, 6.45) is 0. The van der Waals surface area contributed by atoms with Crippen LogP contribution >= 0.6 is 0 Å². The fourth-order valence-electron chi connectivity index (χ4n) is 1.03. The van der Waals surface area contributed by atoms with E-state index in [1.54, 1.807) is 31.3 Å². The van der Waals surface area contributed by atoms with Gasteiger partial charge in [-0.05, 0) is 12.1 Å². The number of alkyl halides is 1. The molecule has 1 aromatic carbocycles. The van der Waals surface area contributed by atoms with Crippen LogP contribution in [0, 0.1) is 0 Å². The first-order valence-electron chi connectivity index (χ1n) is 4.12. The molecule has 0 unspecified atom stereocenters. The van der Waals surface area contributed by atoms with E-state index in [1.165, 1.54) is 4.90 Å². The molecule has 0 bridgehead atoms. The van der Waals surface area contributed by atoms with Crippen LogP contribution < -0.4 is 0 Å². The molecular formula is C10H12FNO. The second-order valence-electron chi connectivity index (χ2n) is 2.78. The summed E-state index contributed by atoms with van der Waals surface area (Å²) >= 11 is 0. The fourth-order valence-corrected chi connectivity index (χ4v) is 1.03. The van der Waals surface area contributed by atoms with Crippen molar-refractivity contribution in [2.45, 2.75) is 0 Å². The van der Waals surface area contributed by atoms with Gasteiger partial charge in [-0.1, -0.05) is 18.2 Å². The maximum Gasteiger partial charge on any atom is 0.253 e. The normalized spacial score (nSPS) is 9.69. The lowest BCUT2D eigenvalue weighted by Gasteiger charge is -2.14. The van der Waals surface area contributed by atoms with E-state index in [1.807, 2.05) is 6.07 Å². The lowest BCUT2D eigenvalue weighted by Crippen LogP contribution is -2.28. The highest BCUT2D eigenvalue weighted by atomic mass is 19.1. The molecule has 70 valence electrons. The predicted octanol–water partition coefficient (Wildman–Crippen LogP) is 1.73. The lowest BCUT2D eigenvalue weighted by molar-refractivity contribution is 0.0786. The maximum absolute atomic E-state index is 11.9. The summed E-state index contributed by atoms with van der Waals surface area (Å²) in [6.45, 7) is -0.358. The molecule has 0 fully saturated rings. The Labute approximate surface area is 77.0 Å². The van der Waals surface area contributed by atoms with Gasteiger partial charge in [-0.25, -0.2) is 4.39 Å². The Morgan fingerprint density at radius 3 is 2.54 bits per heavy atom. The number of benzene rings is 1. The average Bonchev–Trinajstić information content (AvgIpc) is 2.18. The summed E-state index contributed by atoms with van der Waals surface area (Å²) in [5.41, 5.74) is 0.596. The Balaban J connectivity index is 2.68. The molecule has 13 heavy (non-hydrogen) atoms. The van der Waals surface area contributed by atoms with Crippen LogP contribution in [0.3, 0.4) is 0 Å². The third kappa shape index (κ3) is 2.54. The van der Waals surface area contributed by atoms with Crippen LogP contribution in [0.5, 0.6) is 0 Å². The van der Waals surface area contributed by atoms with Crippen molar-refractivity contribution in [3.63, 3.8) is 0 Å². The Morgan fingerprint density at radius 2 is 2.00 bits per heavy atom. The van der Waals surface area contributed by atoms with Gasteiger partial charge in [0.2, 0.25) is 0 Å². The Kier molecular flexibility index (Phi) is 3.43. The van der Waals surface area contributed by atoms with Crippen molar-refractivity contribution in [1.29, 1.82) is 0 Å². The van der Waals surface area contributed by atoms with Gasteiger partial charge in [-0.2, -0.15) is 0 Å². The van der Waals surface area contributed by atoms with Crippen LogP contribution in [-0.2, 0) is 0 Å². The van der Waals surface area contributed by atoms with Gasteiger partial charge in [-0.3, -0.25) is 4.79 Å². The second-order valence-corrected chi connectivity index (χ2v) is 2.78. The van der Waals surface area contributed by atoms with E-state index >= 15 is 0 Å². The van der Waals surface area contributed by atoms with Gasteiger partial charge in [0.25, 0.3) is 5.91 Å². The summed E-state index contributed by atoms with van der Waals surface area (Å²) in [4.78, 5) is 12.9. The zero-order valence-corrected chi connectivity index (χ0v) is 7.53. The van der Waals surface area contributed by atoms with Crippen molar-refractivity contribution in [2.24, 2.45) is 0 Å². The zero-order valence-electron chi connectivity index (χ0n) is 7.53. The number of rotatable bonds is 3. The maximum atomic E-state index is 11.9. The summed E-state index contributed by atoms with van der Waals surface area (Å²) in [5.74, 6) is -0.141. The molecule has 0 aliphatic heterocycles. The van der Waals surface area contributed by atoms with Gasteiger partial charge in [0.15, 0.2) is 0 Å². The largest absolute Gasteiger partial charge is 0.339 e. The molecule has 0 radical (unpaired) electrons. The minimum Gasteiger partial charge on any atom is -0.339 e. The summed E-state index contributed by atoms with van der Waals surface area (Å²) in [6, 6.07) is 8.85. The highest BCUT2D eigenvalue weighted by Crippen LogP contribution is 2.02. The molecule has 0 aliphatic carbocycles. The summed E-state index contributed by atoms with van der Waals surface area (Å²) in [7, 11) is 1.59. The summed E-state index contributed by atoms with van der Waals surface area (Å²) < 4.78 is 11.9. The first-order chi connectivity index (χ1) is 6.25. The van der Waals surface area contributed by atoms with Crippen LogP contribution in [0.15, 0.2) is 30.3 Å². The average molecular weight is 181 g/mol. The molecule has 0 saturated heterocycles. The third-order valence-electron chi connectivity index (χ3n) is 1.79. The number of hydrogen-bond donors (Lipinski definition) is 0. The van der Waals surface area contributed by atoms with E-state index in [0.29, 0.717) is 5.56 Å². The quantitative estimate of drug-likeness (QED) is 0.695. The molecule has 2 nitrogen and oxygen atoms in total. The standard InChI is InChI=1S/C10H12FNO/c1-12(8-7-11)10(13)9-5-3-2-4-6-9/h2-6H,7-8H2,1H3. The van der Waals surface area contributed by atoms with Gasteiger partial charge < -0.3 is 4.90 Å². The third-order valence-corrected chi connectivity index (χ3v) is 1.79. The first kappa shape index (κ1) is 9.71. The molecule has 3 heteroatoms. The van der Waals surface area contributed by atoms with Gasteiger partial charge in [-0.15, -0.1) is 0 Å². The highest BCUT2D eigenvalue weighted by Gasteiger charge is 2.09. The van der Waals surface area contributed by atoms with Crippen molar-refractivity contribution in [3.05, 3.63) is 35.9 Å². The van der Waals surface area contributed by atoms with E-state index in [9.17, 15) is 9.18 Å². The SMILES string of the molecule is CN(CCF)C(=O)c1ccccc1. The molecule has 0 atom stereocenters. The van der Waals surface area contributed by atoms with Crippen molar-refractivity contribution in [2.75, 3.05) is 20.3 Å². The number of carbonyl (C=O) groups excluding carboxylic acids is 1. The Bertz CT molecular complexity index is 274. The van der Waals surface area contributed by atoms with Gasteiger partial charge in [0, 0.05) is 19.2 Å². The smallest absolute Gasteiger partial charge is 0.253 e. The van der Waals surface area contributed by atoms with Crippen LogP contribution in [0.4, 0.5) is 4.39 Å². The lowest BCUT2D eigenvalue weighted by atomic mass is 10.2. The van der Waals surface area contributed by atoms with Crippen LogP contribution in [0.1, 0.15) is 10.4 Å². The van der Waals surface area contributed by atoms with Crippen molar-refractivity contribution in [3.8, 4) is 0 Å². The van der Waals surface area contributed by atoms with Gasteiger partial charge in [0.1, 0.15) is 6.67 Å². The number of carbonyl (C=O) groups is 1. The van der Waals surface area contributed by atoms with E-state index in [0.717, 1.165) is 0 Å². The van der Waals surface area contributed by atoms with Crippen molar-refractivity contribution < 1.29 is 9.18 Å². The van der Waals surface area contributed by atoms with Crippen molar-refractivity contribution >= 4 is 5.91 Å². The molecule has 1 rings (SSSR count). The first-order valence-corrected chi connectivity index (χ1v) is 4.12. The Morgan fingerprint density at radius 1 is 1.38 bits per heavy atom. The van der Waals surface area contributed by atoms with Crippen LogP contribution in [0.25, 0.3) is 0 Å². The van der Waals surface area contributed by atoms with E-state index < -0.39 is 6.67 Å². The summed E-state index contributed by atoms with van der Waals surface area (Å²) in [5, 5.41) is 0. The van der Waals surface area contributed by atoms with E-state index in [2.05, 4.69) is 0 Å². The molecule has 0 aliphatic rings. The molecule has 0 heterocycles. The molecule has 1 amide bonds. The van der Waals surface area contributed by atoms with Crippen LogP contribution in [-0.4, -0.2) is 31.1 Å². The number of hydrogen-bond acceptors (Lipinski definition) is 1. The monoisotopic (exact) mass is 181 g/mol. The topological polar surface area (TPSA) is 20.3 Å². The molecule has 0 spiro atoms. The second kappa shape index (κ2) is 4.60. The predicted molar refractivity (Wildman–Crippen MR) is 49.4 cm³/mol. The molecular weight excluding hydrogens is 169 g/mol. The van der Waals surface area contributed by atoms with Gasteiger partial charge >= 0.3 is 0 Å². The molecule has 0 N–H and O–H groups in total. The number of halogens is 1. The van der Waals surface area contributed by atoms with Gasteiger partial charge in [0.05, 0.1) is 0 Å². The van der Waals surface area contributed by atoms with Crippen molar-refractivity contribution in [1.82, 2.24) is 4.90 Å². The minimum absolute atomic E-state index is 0.141. The van der Waals surface area contributed by atoms with E-state index in [-0.39, 0.29) is 12.5 Å². The minimum atomic E-state index is -0.505. The fraction of sp³-hybridized carbons (Fsp3) is 0.300. The zero-order chi connectivity index (χ0) is 9.68. The van der Waals surface area contributed by atoms with Crippen LogP contribution in [0.2, 0.25) is 0 Å². The Hall–Kier alpha value is -1.38. The number of nitrogens with zero attached hydrogens (tertiary/aromatic N) is 1. The van der Waals surface area contributed by atoms with E-state index in [4.69, 9.17) is 0 Å². The highest BCUT2D eigenvalue weighted by molar-refractivity contribution is 5.93. The number of amides is 1. The molecule has 0 saturated carbocycles. The molecule has 1 aromatic rings.